The number of halogens is 1. The van der Waals surface area contributed by atoms with Crippen molar-refractivity contribution in [1.82, 2.24) is 5.43 Å². The molecule has 2 N–H and O–H groups in total. The minimum absolute atomic E-state index is 0.0992. The van der Waals surface area contributed by atoms with Gasteiger partial charge >= 0.3 is 0 Å². The van der Waals surface area contributed by atoms with Gasteiger partial charge in [0, 0.05) is 11.1 Å². The minimum Gasteiger partial charge on any atom is -0.507 e. The van der Waals surface area contributed by atoms with Crippen LogP contribution in [0.5, 0.6) is 5.75 Å². The molecule has 0 unspecified atom stereocenters. The van der Waals surface area contributed by atoms with Gasteiger partial charge in [0.05, 0.1) is 6.21 Å². The number of nitrogens with zero attached hydrogens (tertiary/aromatic N) is 1. The van der Waals surface area contributed by atoms with Crippen molar-refractivity contribution in [3.05, 3.63) is 77.6 Å². The Kier molecular flexibility index (Phi) is 5.03. The molecule has 0 bridgehead atoms. The Bertz CT molecular complexity index is 709. The smallest absolute Gasteiger partial charge is 0.271 e. The topological polar surface area (TPSA) is 61.7 Å². The molecular formula is C17H15FN2O2. The Balaban J connectivity index is 2.06. The highest BCUT2D eigenvalue weighted by Gasteiger charge is 2.05. The molecule has 1 amide bonds. The van der Waals surface area contributed by atoms with Crippen LogP contribution in [0.1, 0.15) is 21.5 Å². The van der Waals surface area contributed by atoms with E-state index in [1.165, 1.54) is 30.5 Å². The lowest BCUT2D eigenvalue weighted by molar-refractivity contribution is 0.0955. The second kappa shape index (κ2) is 7.17. The van der Waals surface area contributed by atoms with Gasteiger partial charge in [0.15, 0.2) is 0 Å². The van der Waals surface area contributed by atoms with E-state index in [1.54, 1.807) is 24.3 Å². The maximum atomic E-state index is 12.8. The molecule has 0 aromatic heterocycles. The van der Waals surface area contributed by atoms with Crippen molar-refractivity contribution >= 4 is 12.1 Å². The van der Waals surface area contributed by atoms with Crippen LogP contribution in [0.3, 0.4) is 0 Å². The molecule has 0 heterocycles. The summed E-state index contributed by atoms with van der Waals surface area (Å²) in [5.41, 5.74) is 3.83. The van der Waals surface area contributed by atoms with E-state index in [-0.39, 0.29) is 5.75 Å². The molecule has 0 atom stereocenters. The van der Waals surface area contributed by atoms with E-state index in [4.69, 9.17) is 0 Å². The van der Waals surface area contributed by atoms with Gasteiger partial charge < -0.3 is 5.11 Å². The predicted molar refractivity (Wildman–Crippen MR) is 83.5 cm³/mol. The van der Waals surface area contributed by atoms with E-state index in [2.05, 4.69) is 17.1 Å². The summed E-state index contributed by atoms with van der Waals surface area (Å²) in [6, 6.07) is 10.4. The Labute approximate surface area is 127 Å². The largest absolute Gasteiger partial charge is 0.507 e. The van der Waals surface area contributed by atoms with Crippen LogP contribution in [0, 0.1) is 5.82 Å². The molecule has 0 aliphatic carbocycles. The zero-order chi connectivity index (χ0) is 15.9. The number of hydrogen-bond donors (Lipinski definition) is 2. The van der Waals surface area contributed by atoms with Crippen molar-refractivity contribution in [3.8, 4) is 5.75 Å². The molecule has 0 aliphatic heterocycles. The van der Waals surface area contributed by atoms with Crippen molar-refractivity contribution in [2.75, 3.05) is 0 Å². The molecule has 0 aliphatic rings. The van der Waals surface area contributed by atoms with Gasteiger partial charge in [-0.3, -0.25) is 4.79 Å². The molecule has 2 aromatic carbocycles. The van der Waals surface area contributed by atoms with Gasteiger partial charge in [0.2, 0.25) is 0 Å². The molecule has 0 saturated heterocycles. The Morgan fingerprint density at radius 2 is 2.00 bits per heavy atom. The Morgan fingerprint density at radius 1 is 1.27 bits per heavy atom. The van der Waals surface area contributed by atoms with Gasteiger partial charge in [-0.2, -0.15) is 5.10 Å². The number of amides is 1. The van der Waals surface area contributed by atoms with Crippen LogP contribution in [0.2, 0.25) is 0 Å². The zero-order valence-electron chi connectivity index (χ0n) is 11.8. The van der Waals surface area contributed by atoms with E-state index < -0.39 is 11.7 Å². The van der Waals surface area contributed by atoms with Crippen LogP contribution in [0.4, 0.5) is 4.39 Å². The summed E-state index contributed by atoms with van der Waals surface area (Å²) in [4.78, 5) is 11.8. The highest BCUT2D eigenvalue weighted by atomic mass is 19.1. The van der Waals surface area contributed by atoms with Crippen LogP contribution >= 0.6 is 0 Å². The lowest BCUT2D eigenvalue weighted by Crippen LogP contribution is -2.17. The van der Waals surface area contributed by atoms with Gasteiger partial charge in [-0.15, -0.1) is 6.58 Å². The number of carbonyl (C=O) groups excluding carboxylic acids is 1. The highest BCUT2D eigenvalue weighted by Crippen LogP contribution is 2.21. The number of hydrogen-bond acceptors (Lipinski definition) is 3. The summed E-state index contributed by atoms with van der Waals surface area (Å²) in [5.74, 6) is -0.774. The fraction of sp³-hybridized carbons (Fsp3) is 0.0588. The average Bonchev–Trinajstić information content (AvgIpc) is 2.51. The first kappa shape index (κ1) is 15.4. The summed E-state index contributed by atoms with van der Waals surface area (Å²) in [6.45, 7) is 3.62. The standard InChI is InChI=1S/C17H15FN2O2/c1-2-4-12-5-3-6-14(16(12)21)11-19-20-17(22)13-7-9-15(18)10-8-13/h2-3,5-11,21H,1,4H2,(H,20,22). The van der Waals surface area contributed by atoms with Crippen molar-refractivity contribution in [2.24, 2.45) is 5.10 Å². The van der Waals surface area contributed by atoms with Gasteiger partial charge in [-0.1, -0.05) is 18.2 Å². The van der Waals surface area contributed by atoms with Gasteiger partial charge in [-0.25, -0.2) is 9.82 Å². The molecule has 0 radical (unpaired) electrons. The number of allylic oxidation sites excluding steroid dienone is 1. The SMILES string of the molecule is C=CCc1cccc(C=NNC(=O)c2ccc(F)cc2)c1O. The monoisotopic (exact) mass is 298 g/mol. The van der Waals surface area contributed by atoms with Gasteiger partial charge in [-0.05, 0) is 42.3 Å². The number of phenols is 1. The number of para-hydroxylation sites is 1. The number of benzene rings is 2. The van der Waals surface area contributed by atoms with Crippen LogP contribution in [0.15, 0.2) is 60.2 Å². The second-order valence-electron chi connectivity index (χ2n) is 4.55. The third-order valence-electron chi connectivity index (χ3n) is 2.99. The number of rotatable bonds is 5. The first-order valence-corrected chi connectivity index (χ1v) is 6.62. The summed E-state index contributed by atoms with van der Waals surface area (Å²) in [5, 5.41) is 13.8. The number of phenolic OH excluding ortho intramolecular Hbond substituents is 1. The number of aromatic hydroxyl groups is 1. The highest BCUT2D eigenvalue weighted by molar-refractivity contribution is 5.95. The molecule has 0 spiro atoms. The molecule has 4 nitrogen and oxygen atoms in total. The number of hydrazone groups is 1. The quantitative estimate of drug-likeness (QED) is 0.506. The van der Waals surface area contributed by atoms with Crippen LogP contribution in [0.25, 0.3) is 0 Å². The van der Waals surface area contributed by atoms with Crippen LogP contribution in [-0.4, -0.2) is 17.2 Å². The van der Waals surface area contributed by atoms with E-state index in [1.807, 2.05) is 0 Å². The fourth-order valence-electron chi connectivity index (χ4n) is 1.86. The van der Waals surface area contributed by atoms with Gasteiger partial charge in [0.25, 0.3) is 5.91 Å². The Hall–Kier alpha value is -2.95. The van der Waals surface area contributed by atoms with Crippen molar-refractivity contribution in [3.63, 3.8) is 0 Å². The van der Waals surface area contributed by atoms with Crippen molar-refractivity contribution in [2.45, 2.75) is 6.42 Å². The molecule has 0 fully saturated rings. The summed E-state index contributed by atoms with van der Waals surface area (Å²) in [7, 11) is 0. The van der Waals surface area contributed by atoms with Crippen molar-refractivity contribution < 1.29 is 14.3 Å². The minimum atomic E-state index is -0.460. The molecule has 2 aromatic rings. The molecular weight excluding hydrogens is 283 g/mol. The summed E-state index contributed by atoms with van der Waals surface area (Å²) >= 11 is 0. The van der Waals surface area contributed by atoms with Crippen LogP contribution < -0.4 is 5.43 Å². The summed E-state index contributed by atoms with van der Waals surface area (Å²) < 4.78 is 12.8. The average molecular weight is 298 g/mol. The third kappa shape index (κ3) is 3.79. The Morgan fingerprint density at radius 3 is 2.68 bits per heavy atom. The molecule has 112 valence electrons. The predicted octanol–water partition coefficient (Wildman–Crippen LogP) is 3.02. The normalized spacial score (nSPS) is 10.6. The second-order valence-corrected chi connectivity index (χ2v) is 4.55. The lowest BCUT2D eigenvalue weighted by atomic mass is 10.1. The molecule has 2 rings (SSSR count). The van der Waals surface area contributed by atoms with Crippen LogP contribution in [-0.2, 0) is 6.42 Å². The number of nitrogens with one attached hydrogen (secondary N) is 1. The molecule has 5 heteroatoms. The molecule has 22 heavy (non-hydrogen) atoms. The first-order valence-electron chi connectivity index (χ1n) is 6.62. The molecule has 0 saturated carbocycles. The maximum absolute atomic E-state index is 12.8. The van der Waals surface area contributed by atoms with E-state index >= 15 is 0 Å². The first-order chi connectivity index (χ1) is 10.6. The van der Waals surface area contributed by atoms with E-state index in [0.717, 1.165) is 5.56 Å². The number of carbonyl (C=O) groups is 1. The lowest BCUT2D eigenvalue weighted by Gasteiger charge is -2.04. The maximum Gasteiger partial charge on any atom is 0.271 e. The van der Waals surface area contributed by atoms with E-state index in [0.29, 0.717) is 17.5 Å². The van der Waals surface area contributed by atoms with Gasteiger partial charge in [0.1, 0.15) is 11.6 Å². The third-order valence-corrected chi connectivity index (χ3v) is 2.99. The zero-order valence-corrected chi connectivity index (χ0v) is 11.8. The van der Waals surface area contributed by atoms with Crippen molar-refractivity contribution in [1.29, 1.82) is 0 Å². The van der Waals surface area contributed by atoms with E-state index in [9.17, 15) is 14.3 Å². The fourth-order valence-corrected chi connectivity index (χ4v) is 1.86. The summed E-state index contributed by atoms with van der Waals surface area (Å²) in [6.07, 6.45) is 3.57.